The predicted molar refractivity (Wildman–Crippen MR) is 83.6 cm³/mol. The van der Waals surface area contributed by atoms with Crippen molar-refractivity contribution in [3.05, 3.63) is 71.8 Å². The summed E-state index contributed by atoms with van der Waals surface area (Å²) < 4.78 is 30.5. The highest BCUT2D eigenvalue weighted by molar-refractivity contribution is 5.93. The lowest BCUT2D eigenvalue weighted by molar-refractivity contribution is -0.128. The van der Waals surface area contributed by atoms with Crippen molar-refractivity contribution in [2.45, 2.75) is 0 Å². The molecular formula is C17H14F2N2O3. The Morgan fingerprint density at radius 3 is 2.12 bits per heavy atom. The summed E-state index contributed by atoms with van der Waals surface area (Å²) in [5.74, 6) is -1.59. The van der Waals surface area contributed by atoms with Gasteiger partial charge in [-0.2, -0.15) is 0 Å². The molecule has 124 valence electrons. The average molecular weight is 332 g/mol. The first kappa shape index (κ1) is 17.1. The molecule has 0 heterocycles. The van der Waals surface area contributed by atoms with Gasteiger partial charge in [-0.3, -0.25) is 20.4 Å². The summed E-state index contributed by atoms with van der Waals surface area (Å²) in [5.41, 5.74) is 4.97. The van der Waals surface area contributed by atoms with Crippen LogP contribution in [0.5, 0.6) is 5.75 Å². The Bertz CT molecular complexity index is 729. The van der Waals surface area contributed by atoms with Crippen LogP contribution in [0.1, 0.15) is 5.56 Å². The molecule has 2 rings (SSSR count). The fourth-order valence-corrected chi connectivity index (χ4v) is 1.63. The van der Waals surface area contributed by atoms with Gasteiger partial charge in [-0.05, 0) is 48.0 Å². The molecule has 0 bridgehead atoms. The first-order valence-electron chi connectivity index (χ1n) is 6.94. The number of amides is 2. The number of rotatable bonds is 5. The van der Waals surface area contributed by atoms with Crippen molar-refractivity contribution in [3.8, 4) is 5.75 Å². The van der Waals surface area contributed by atoms with Gasteiger partial charge in [0.1, 0.15) is 17.4 Å². The Morgan fingerprint density at radius 1 is 0.917 bits per heavy atom. The van der Waals surface area contributed by atoms with Crippen molar-refractivity contribution in [1.29, 1.82) is 0 Å². The lowest BCUT2D eigenvalue weighted by atomic mass is 10.2. The number of hydrogen-bond acceptors (Lipinski definition) is 3. The minimum Gasteiger partial charge on any atom is -0.484 e. The van der Waals surface area contributed by atoms with Crippen LogP contribution in [0.25, 0.3) is 6.08 Å². The Kier molecular flexibility index (Phi) is 6.01. The van der Waals surface area contributed by atoms with Gasteiger partial charge in [0.2, 0.25) is 0 Å². The van der Waals surface area contributed by atoms with Crippen LogP contribution < -0.4 is 15.6 Å². The molecule has 0 saturated heterocycles. The summed E-state index contributed by atoms with van der Waals surface area (Å²) in [6.45, 7) is -0.340. The van der Waals surface area contributed by atoms with E-state index in [1.807, 2.05) is 0 Å². The van der Waals surface area contributed by atoms with Crippen LogP contribution >= 0.6 is 0 Å². The van der Waals surface area contributed by atoms with Crippen LogP contribution in [0.3, 0.4) is 0 Å². The van der Waals surface area contributed by atoms with E-state index in [0.29, 0.717) is 11.3 Å². The average Bonchev–Trinajstić information content (AvgIpc) is 2.59. The molecule has 0 radical (unpaired) electrons. The topological polar surface area (TPSA) is 67.4 Å². The zero-order chi connectivity index (χ0) is 17.4. The minimum absolute atomic E-state index is 0.328. The smallest absolute Gasteiger partial charge is 0.276 e. The van der Waals surface area contributed by atoms with E-state index in [-0.39, 0.29) is 12.4 Å². The van der Waals surface area contributed by atoms with Crippen molar-refractivity contribution in [2.24, 2.45) is 0 Å². The van der Waals surface area contributed by atoms with Crippen molar-refractivity contribution in [2.75, 3.05) is 6.61 Å². The molecule has 0 fully saturated rings. The first-order chi connectivity index (χ1) is 11.5. The van der Waals surface area contributed by atoms with E-state index in [2.05, 4.69) is 10.9 Å². The van der Waals surface area contributed by atoms with Crippen molar-refractivity contribution in [1.82, 2.24) is 10.9 Å². The number of carbonyl (C=O) groups excluding carboxylic acids is 2. The molecule has 0 aliphatic rings. The van der Waals surface area contributed by atoms with Gasteiger partial charge in [0, 0.05) is 6.08 Å². The predicted octanol–water partition coefficient (Wildman–Crippen LogP) is 2.20. The van der Waals surface area contributed by atoms with Crippen LogP contribution in [0.4, 0.5) is 8.78 Å². The Hall–Kier alpha value is -3.22. The highest BCUT2D eigenvalue weighted by Crippen LogP contribution is 2.10. The monoisotopic (exact) mass is 332 g/mol. The third-order valence-electron chi connectivity index (χ3n) is 2.81. The van der Waals surface area contributed by atoms with Gasteiger partial charge < -0.3 is 4.74 Å². The summed E-state index contributed by atoms with van der Waals surface area (Å²) in [4.78, 5) is 23.0. The molecule has 2 amide bonds. The summed E-state index contributed by atoms with van der Waals surface area (Å²) in [7, 11) is 0. The molecule has 0 aliphatic carbocycles. The van der Waals surface area contributed by atoms with Crippen LogP contribution in [-0.4, -0.2) is 18.4 Å². The van der Waals surface area contributed by atoms with Gasteiger partial charge >= 0.3 is 0 Å². The van der Waals surface area contributed by atoms with Crippen LogP contribution in [0.2, 0.25) is 0 Å². The van der Waals surface area contributed by atoms with Gasteiger partial charge in [0.15, 0.2) is 6.61 Å². The van der Waals surface area contributed by atoms with Gasteiger partial charge in [-0.1, -0.05) is 12.1 Å². The van der Waals surface area contributed by atoms with Gasteiger partial charge in [-0.25, -0.2) is 8.78 Å². The van der Waals surface area contributed by atoms with Crippen molar-refractivity contribution >= 4 is 17.9 Å². The van der Waals surface area contributed by atoms with Gasteiger partial charge in [-0.15, -0.1) is 0 Å². The summed E-state index contributed by atoms with van der Waals surface area (Å²) in [6, 6.07) is 10.7. The second kappa shape index (κ2) is 8.42. The van der Waals surface area contributed by atoms with Crippen LogP contribution in [-0.2, 0) is 9.59 Å². The number of nitrogens with one attached hydrogen (secondary N) is 2. The molecule has 2 aromatic rings. The Labute approximate surface area is 136 Å². The molecule has 7 heteroatoms. The number of benzene rings is 2. The molecule has 24 heavy (non-hydrogen) atoms. The second-order valence-electron chi connectivity index (χ2n) is 4.66. The molecule has 0 aromatic heterocycles. The number of carbonyl (C=O) groups is 2. The van der Waals surface area contributed by atoms with Gasteiger partial charge in [0.05, 0.1) is 0 Å². The summed E-state index contributed by atoms with van der Waals surface area (Å²) in [6.07, 6.45) is 2.66. The van der Waals surface area contributed by atoms with Crippen LogP contribution in [0, 0.1) is 11.6 Å². The number of ether oxygens (including phenoxy) is 1. The number of hydrogen-bond donors (Lipinski definition) is 2. The van der Waals surface area contributed by atoms with Crippen molar-refractivity contribution < 1.29 is 23.1 Å². The standard InChI is InChI=1S/C17H14F2N2O3/c18-13-4-1-12(2-5-13)3-10-16(22)20-21-17(23)11-24-15-8-6-14(19)7-9-15/h1-10H,11H2,(H,20,22)(H,21,23)/b10-3+. The zero-order valence-electron chi connectivity index (χ0n) is 12.5. The highest BCUT2D eigenvalue weighted by Gasteiger charge is 2.04. The first-order valence-corrected chi connectivity index (χ1v) is 6.94. The molecule has 2 N–H and O–H groups in total. The molecule has 0 spiro atoms. The molecule has 0 saturated carbocycles. The number of hydrazine groups is 1. The van der Waals surface area contributed by atoms with Crippen LogP contribution in [0.15, 0.2) is 54.6 Å². The van der Waals surface area contributed by atoms with E-state index in [1.54, 1.807) is 0 Å². The summed E-state index contributed by atoms with van der Waals surface area (Å²) >= 11 is 0. The third-order valence-corrected chi connectivity index (χ3v) is 2.81. The maximum absolute atomic E-state index is 12.7. The van der Waals surface area contributed by atoms with E-state index in [4.69, 9.17) is 4.74 Å². The van der Waals surface area contributed by atoms with Gasteiger partial charge in [0.25, 0.3) is 11.8 Å². The van der Waals surface area contributed by atoms with E-state index in [0.717, 1.165) is 0 Å². The maximum Gasteiger partial charge on any atom is 0.276 e. The third kappa shape index (κ3) is 5.88. The largest absolute Gasteiger partial charge is 0.484 e. The normalized spacial score (nSPS) is 10.4. The van der Waals surface area contributed by atoms with E-state index < -0.39 is 17.6 Å². The molecule has 0 unspecified atom stereocenters. The molecule has 5 nitrogen and oxygen atoms in total. The Morgan fingerprint density at radius 2 is 1.50 bits per heavy atom. The van der Waals surface area contributed by atoms with E-state index in [9.17, 15) is 18.4 Å². The molecule has 2 aromatic carbocycles. The molecular weight excluding hydrogens is 318 g/mol. The Balaban J connectivity index is 1.71. The molecule has 0 atom stereocenters. The van der Waals surface area contributed by atoms with E-state index >= 15 is 0 Å². The zero-order valence-corrected chi connectivity index (χ0v) is 12.5. The lowest BCUT2D eigenvalue weighted by Gasteiger charge is -2.07. The fourth-order valence-electron chi connectivity index (χ4n) is 1.63. The van der Waals surface area contributed by atoms with E-state index in [1.165, 1.54) is 60.7 Å². The second-order valence-corrected chi connectivity index (χ2v) is 4.66. The quantitative estimate of drug-likeness (QED) is 0.652. The molecule has 0 aliphatic heterocycles. The maximum atomic E-state index is 12.7. The summed E-state index contributed by atoms with van der Waals surface area (Å²) in [5, 5.41) is 0. The fraction of sp³-hybridized carbons (Fsp3) is 0.0588. The highest BCUT2D eigenvalue weighted by atomic mass is 19.1. The van der Waals surface area contributed by atoms with Crippen molar-refractivity contribution in [3.63, 3.8) is 0 Å². The lowest BCUT2D eigenvalue weighted by Crippen LogP contribution is -2.43. The minimum atomic E-state index is -0.581. The SMILES string of the molecule is O=C(/C=C/c1ccc(F)cc1)NNC(=O)COc1ccc(F)cc1. The number of halogens is 2.